The molecule has 3 rings (SSSR count). The average Bonchev–Trinajstić information content (AvgIpc) is 3.13. The highest BCUT2D eigenvalue weighted by molar-refractivity contribution is 7.99. The molecule has 6 nitrogen and oxygen atoms in total. The van der Waals surface area contributed by atoms with Crippen LogP contribution in [0.4, 0.5) is 0 Å². The fourth-order valence-corrected chi connectivity index (χ4v) is 3.62. The molecule has 1 aliphatic rings. The standard InChI is InChI=1S/C14H20N4O2S/c1-11-4-6-14(19,7-5-11)10-21-13-15-16-17-18(13)9-12-3-2-8-20-12/h2-3,8,11,19H,4-7,9-10H2,1H3. The van der Waals surface area contributed by atoms with Gasteiger partial charge in [-0.1, -0.05) is 18.7 Å². The second kappa shape index (κ2) is 6.19. The van der Waals surface area contributed by atoms with E-state index in [1.165, 1.54) is 11.8 Å². The molecule has 0 radical (unpaired) electrons. The minimum atomic E-state index is -0.585. The Morgan fingerprint density at radius 2 is 2.29 bits per heavy atom. The van der Waals surface area contributed by atoms with Crippen molar-refractivity contribution in [3.05, 3.63) is 24.2 Å². The fourth-order valence-electron chi connectivity index (χ4n) is 2.59. The predicted octanol–water partition coefficient (Wildman–Crippen LogP) is 2.35. The van der Waals surface area contributed by atoms with E-state index >= 15 is 0 Å². The SMILES string of the molecule is CC1CCC(O)(CSc2nnnn2Cc2ccco2)CC1. The second-order valence-corrected chi connectivity index (χ2v) is 6.84. The van der Waals surface area contributed by atoms with Crippen molar-refractivity contribution >= 4 is 11.8 Å². The van der Waals surface area contributed by atoms with E-state index in [1.54, 1.807) is 10.9 Å². The summed E-state index contributed by atoms with van der Waals surface area (Å²) in [5, 5.41) is 23.1. The number of hydrogen-bond acceptors (Lipinski definition) is 6. The molecule has 21 heavy (non-hydrogen) atoms. The largest absolute Gasteiger partial charge is 0.467 e. The van der Waals surface area contributed by atoms with Gasteiger partial charge in [0.15, 0.2) is 0 Å². The Balaban J connectivity index is 1.59. The number of hydrogen-bond donors (Lipinski definition) is 1. The normalized spacial score (nSPS) is 26.1. The summed E-state index contributed by atoms with van der Waals surface area (Å²) in [6, 6.07) is 3.74. The van der Waals surface area contributed by atoms with E-state index in [2.05, 4.69) is 22.4 Å². The Morgan fingerprint density at radius 1 is 1.48 bits per heavy atom. The van der Waals surface area contributed by atoms with Gasteiger partial charge in [-0.05, 0) is 54.2 Å². The molecule has 2 aromatic heterocycles. The van der Waals surface area contributed by atoms with Crippen molar-refractivity contribution in [3.63, 3.8) is 0 Å². The minimum Gasteiger partial charge on any atom is -0.467 e. The van der Waals surface area contributed by atoms with Crippen LogP contribution in [0, 0.1) is 5.92 Å². The van der Waals surface area contributed by atoms with Crippen LogP contribution in [0.5, 0.6) is 0 Å². The number of aromatic nitrogens is 4. The molecule has 1 fully saturated rings. The number of furan rings is 1. The van der Waals surface area contributed by atoms with Crippen LogP contribution in [-0.2, 0) is 6.54 Å². The third-order valence-corrected chi connectivity index (χ3v) is 5.29. The van der Waals surface area contributed by atoms with Crippen LogP contribution in [-0.4, -0.2) is 36.7 Å². The van der Waals surface area contributed by atoms with Crippen molar-refractivity contribution < 1.29 is 9.52 Å². The third-order valence-electron chi connectivity index (χ3n) is 4.06. The Bertz CT molecular complexity index is 561. The van der Waals surface area contributed by atoms with Crippen molar-refractivity contribution in [3.8, 4) is 0 Å². The molecule has 7 heteroatoms. The van der Waals surface area contributed by atoms with E-state index < -0.39 is 5.60 Å². The first-order valence-corrected chi connectivity index (χ1v) is 8.27. The minimum absolute atomic E-state index is 0.512. The zero-order valence-corrected chi connectivity index (χ0v) is 12.9. The van der Waals surface area contributed by atoms with Crippen molar-refractivity contribution in [2.45, 2.75) is 49.9 Å². The lowest BCUT2D eigenvalue weighted by molar-refractivity contribution is 0.0149. The highest BCUT2D eigenvalue weighted by Crippen LogP contribution is 2.35. The van der Waals surface area contributed by atoms with E-state index in [1.807, 2.05) is 12.1 Å². The summed E-state index contributed by atoms with van der Waals surface area (Å²) >= 11 is 1.52. The van der Waals surface area contributed by atoms with Gasteiger partial charge in [0.25, 0.3) is 0 Å². The van der Waals surface area contributed by atoms with Crippen molar-refractivity contribution in [1.82, 2.24) is 20.2 Å². The van der Waals surface area contributed by atoms with E-state index in [9.17, 15) is 5.11 Å². The molecule has 1 saturated carbocycles. The molecule has 0 atom stereocenters. The van der Waals surface area contributed by atoms with Gasteiger partial charge in [-0.2, -0.15) is 0 Å². The summed E-state index contributed by atoms with van der Waals surface area (Å²) in [4.78, 5) is 0. The molecule has 1 N–H and O–H groups in total. The molecule has 0 bridgehead atoms. The molecular formula is C14H20N4O2S. The predicted molar refractivity (Wildman–Crippen MR) is 78.9 cm³/mol. The van der Waals surface area contributed by atoms with Crippen molar-refractivity contribution in [1.29, 1.82) is 0 Å². The molecule has 0 unspecified atom stereocenters. The first-order valence-electron chi connectivity index (χ1n) is 7.28. The first kappa shape index (κ1) is 14.6. The van der Waals surface area contributed by atoms with Crippen molar-refractivity contribution in [2.75, 3.05) is 5.75 Å². The summed E-state index contributed by atoms with van der Waals surface area (Å²) in [6.45, 7) is 2.76. The van der Waals surface area contributed by atoms with Crippen LogP contribution < -0.4 is 0 Å². The number of aliphatic hydroxyl groups is 1. The number of rotatable bonds is 5. The maximum absolute atomic E-state index is 10.6. The average molecular weight is 308 g/mol. The second-order valence-electron chi connectivity index (χ2n) is 5.89. The van der Waals surface area contributed by atoms with Gasteiger partial charge in [0, 0.05) is 5.75 Å². The number of thioether (sulfide) groups is 1. The van der Waals surface area contributed by atoms with E-state index in [0.29, 0.717) is 12.3 Å². The summed E-state index contributed by atoms with van der Waals surface area (Å²) in [5.74, 6) is 2.17. The van der Waals surface area contributed by atoms with Crippen LogP contribution in [0.2, 0.25) is 0 Å². The van der Waals surface area contributed by atoms with Crippen LogP contribution in [0.1, 0.15) is 38.4 Å². The van der Waals surface area contributed by atoms with Gasteiger partial charge in [0.2, 0.25) is 5.16 Å². The van der Waals surface area contributed by atoms with Gasteiger partial charge in [-0.25, -0.2) is 4.68 Å². The molecule has 0 aliphatic heterocycles. The van der Waals surface area contributed by atoms with Gasteiger partial charge >= 0.3 is 0 Å². The molecule has 1 aliphatic carbocycles. The van der Waals surface area contributed by atoms with Crippen LogP contribution >= 0.6 is 11.8 Å². The highest BCUT2D eigenvalue weighted by atomic mass is 32.2. The Morgan fingerprint density at radius 3 is 3.00 bits per heavy atom. The lowest BCUT2D eigenvalue weighted by atomic mass is 9.81. The van der Waals surface area contributed by atoms with Crippen LogP contribution in [0.25, 0.3) is 0 Å². The summed E-state index contributed by atoms with van der Waals surface area (Å²) in [6.07, 6.45) is 5.54. The Labute approximate surface area is 127 Å². The summed E-state index contributed by atoms with van der Waals surface area (Å²) in [5.41, 5.74) is -0.585. The van der Waals surface area contributed by atoms with Crippen LogP contribution in [0.15, 0.2) is 28.0 Å². The summed E-state index contributed by atoms with van der Waals surface area (Å²) in [7, 11) is 0. The molecule has 0 saturated heterocycles. The maximum Gasteiger partial charge on any atom is 0.209 e. The van der Waals surface area contributed by atoms with Crippen molar-refractivity contribution in [2.24, 2.45) is 5.92 Å². The quantitative estimate of drug-likeness (QED) is 0.854. The molecule has 2 aromatic rings. The lowest BCUT2D eigenvalue weighted by Gasteiger charge is -2.34. The van der Waals surface area contributed by atoms with E-state index in [4.69, 9.17) is 4.42 Å². The lowest BCUT2D eigenvalue weighted by Crippen LogP contribution is -2.36. The third kappa shape index (κ3) is 3.65. The zero-order chi connectivity index (χ0) is 14.7. The molecule has 0 amide bonds. The number of tetrazole rings is 1. The Kier molecular flexibility index (Phi) is 4.30. The zero-order valence-electron chi connectivity index (χ0n) is 12.1. The maximum atomic E-state index is 10.6. The molecule has 114 valence electrons. The van der Waals surface area contributed by atoms with Crippen LogP contribution in [0.3, 0.4) is 0 Å². The number of nitrogens with zero attached hydrogens (tertiary/aromatic N) is 4. The molecule has 0 spiro atoms. The van der Waals surface area contributed by atoms with Gasteiger partial charge in [-0.15, -0.1) is 5.10 Å². The van der Waals surface area contributed by atoms with Gasteiger partial charge in [-0.3, -0.25) is 0 Å². The fraction of sp³-hybridized carbons (Fsp3) is 0.643. The smallest absolute Gasteiger partial charge is 0.209 e. The molecular weight excluding hydrogens is 288 g/mol. The molecule has 2 heterocycles. The van der Waals surface area contributed by atoms with E-state index in [-0.39, 0.29) is 0 Å². The summed E-state index contributed by atoms with van der Waals surface area (Å²) < 4.78 is 7.02. The van der Waals surface area contributed by atoms with E-state index in [0.717, 1.165) is 42.5 Å². The molecule has 0 aromatic carbocycles. The monoisotopic (exact) mass is 308 g/mol. The van der Waals surface area contributed by atoms with Gasteiger partial charge < -0.3 is 9.52 Å². The topological polar surface area (TPSA) is 77.0 Å². The first-order chi connectivity index (χ1) is 10.1. The Hall–Kier alpha value is -1.34. The van der Waals surface area contributed by atoms with Gasteiger partial charge in [0.05, 0.1) is 11.9 Å². The van der Waals surface area contributed by atoms with Gasteiger partial charge in [0.1, 0.15) is 12.3 Å². The highest BCUT2D eigenvalue weighted by Gasteiger charge is 2.32.